The van der Waals surface area contributed by atoms with E-state index in [0.29, 0.717) is 10.9 Å². The van der Waals surface area contributed by atoms with Crippen molar-refractivity contribution < 1.29 is 34.2 Å². The second kappa shape index (κ2) is 10.1. The Morgan fingerprint density at radius 2 is 1.96 bits per heavy atom. The van der Waals surface area contributed by atoms with Gasteiger partial charge in [0.2, 0.25) is 0 Å². The first-order chi connectivity index (χ1) is 13.4. The molecule has 0 radical (unpaired) electrons. The van der Waals surface area contributed by atoms with Crippen LogP contribution in [0.3, 0.4) is 0 Å². The number of carboxylic acids is 1. The monoisotopic (exact) mass is 473 g/mol. The molecular weight excluding hydrogens is 458 g/mol. The lowest BCUT2D eigenvalue weighted by atomic mass is 10.00. The lowest BCUT2D eigenvalue weighted by Gasteiger charge is -2.45. The van der Waals surface area contributed by atoms with Gasteiger partial charge < -0.3 is 20.4 Å². The lowest BCUT2D eigenvalue weighted by molar-refractivity contribution is -0.153. The summed E-state index contributed by atoms with van der Waals surface area (Å²) in [5.74, 6) is -3.47. The van der Waals surface area contributed by atoms with Gasteiger partial charge in [-0.25, -0.2) is 4.79 Å². The van der Waals surface area contributed by atoms with Gasteiger partial charge in [0, 0.05) is 10.9 Å². The predicted molar refractivity (Wildman–Crippen MR) is 102 cm³/mol. The number of oxime groups is 1. The van der Waals surface area contributed by atoms with Crippen molar-refractivity contribution in [2.45, 2.75) is 12.1 Å². The van der Waals surface area contributed by atoms with E-state index in [1.54, 1.807) is 30.3 Å². The molecule has 0 aromatic heterocycles. The molecule has 1 aliphatic rings. The number of nitrogens with zero attached hydrogens (tertiary/aromatic N) is 2. The van der Waals surface area contributed by atoms with Crippen molar-refractivity contribution >= 4 is 57.3 Å². The zero-order valence-corrected chi connectivity index (χ0v) is 16.7. The molecule has 2 atom stereocenters. The van der Waals surface area contributed by atoms with E-state index in [2.05, 4.69) is 31.1 Å². The van der Waals surface area contributed by atoms with Crippen LogP contribution in [-0.4, -0.2) is 73.9 Å². The molecule has 1 fully saturated rings. The highest BCUT2D eigenvalue weighted by Crippen LogP contribution is 2.30. The highest BCUT2D eigenvalue weighted by atomic mass is 79.9. The molecular formula is C16H16BrN3O7S. The summed E-state index contributed by atoms with van der Waals surface area (Å²) in [4.78, 5) is 46.5. The van der Waals surface area contributed by atoms with Gasteiger partial charge in [0.1, 0.15) is 11.8 Å². The first-order valence-electron chi connectivity index (χ1n) is 7.86. The smallest absolute Gasteiger partial charge is 0.341 e. The minimum Gasteiger partial charge on any atom is -0.479 e. The largest absolute Gasteiger partial charge is 0.479 e. The van der Waals surface area contributed by atoms with Crippen LogP contribution in [0.4, 0.5) is 0 Å². The number of β-lactam (4-membered cyclic amide) rings is 1. The van der Waals surface area contributed by atoms with Crippen molar-refractivity contribution in [1.82, 2.24) is 9.62 Å². The first kappa shape index (κ1) is 21.7. The molecule has 0 bridgehead atoms. The highest BCUT2D eigenvalue weighted by Gasteiger charge is 2.48. The van der Waals surface area contributed by atoms with Gasteiger partial charge in [-0.15, -0.1) is 0 Å². The second-order valence-corrected chi connectivity index (χ2v) is 7.07. The lowest BCUT2D eigenvalue weighted by Crippen LogP contribution is -2.69. The van der Waals surface area contributed by atoms with Crippen LogP contribution >= 0.6 is 27.9 Å². The summed E-state index contributed by atoms with van der Waals surface area (Å²) in [5, 5.41) is 23.5. The zero-order chi connectivity index (χ0) is 20.7. The normalized spacial score (nSPS) is 19.0. The fourth-order valence-electron chi connectivity index (χ4n) is 2.33. The Morgan fingerprint density at radius 3 is 2.54 bits per heavy atom. The summed E-state index contributed by atoms with van der Waals surface area (Å²) in [7, 11) is 0. The number of rotatable bonds is 9. The number of esters is 1. The first-order valence-corrected chi connectivity index (χ1v) is 9.93. The Bertz CT molecular complexity index is 790. The third kappa shape index (κ3) is 5.23. The molecule has 1 aromatic rings. The van der Waals surface area contributed by atoms with E-state index in [1.807, 2.05) is 0 Å². The Labute approximate surface area is 172 Å². The fourth-order valence-corrected chi connectivity index (χ4v) is 4.14. The van der Waals surface area contributed by atoms with Crippen LogP contribution in [0.25, 0.3) is 0 Å². The van der Waals surface area contributed by atoms with Gasteiger partial charge in [0.25, 0.3) is 11.8 Å². The van der Waals surface area contributed by atoms with E-state index >= 15 is 0 Å². The summed E-state index contributed by atoms with van der Waals surface area (Å²) in [6.07, 6.45) is 0. The molecule has 28 heavy (non-hydrogen) atoms. The Balaban J connectivity index is 1.93. The minimum absolute atomic E-state index is 0.231. The minimum atomic E-state index is -1.28. The summed E-state index contributed by atoms with van der Waals surface area (Å²) >= 11 is 4.11. The number of amides is 2. The third-order valence-corrected chi connectivity index (χ3v) is 5.41. The van der Waals surface area contributed by atoms with Crippen LogP contribution in [0, 0.1) is 0 Å². The molecule has 150 valence electrons. The van der Waals surface area contributed by atoms with Gasteiger partial charge >= 0.3 is 11.9 Å². The number of alkyl halides is 1. The number of hydrogen-bond acceptors (Lipinski definition) is 8. The van der Waals surface area contributed by atoms with E-state index in [-0.39, 0.29) is 11.5 Å². The number of halogens is 1. The van der Waals surface area contributed by atoms with Gasteiger partial charge in [-0.2, -0.15) is 0 Å². The van der Waals surface area contributed by atoms with Crippen molar-refractivity contribution in [3.8, 4) is 0 Å². The van der Waals surface area contributed by atoms with Gasteiger partial charge in [0.05, 0.1) is 6.04 Å². The summed E-state index contributed by atoms with van der Waals surface area (Å²) < 4.78 is 5.78. The molecule has 0 saturated carbocycles. The summed E-state index contributed by atoms with van der Waals surface area (Å²) in [6, 6.07) is 6.94. The van der Waals surface area contributed by atoms with Gasteiger partial charge in [-0.1, -0.05) is 51.4 Å². The average molecular weight is 474 g/mol. The number of ether oxygens (including phenoxy) is 1. The highest BCUT2D eigenvalue weighted by molar-refractivity contribution is 9.09. The van der Waals surface area contributed by atoms with Crippen molar-refractivity contribution in [2.75, 3.05) is 17.7 Å². The van der Waals surface area contributed by atoms with Gasteiger partial charge in [0.15, 0.2) is 12.3 Å². The van der Waals surface area contributed by atoms with Gasteiger partial charge in [-0.3, -0.25) is 18.7 Å². The number of carboxylic acid groups (broad SMARTS) is 1. The summed E-state index contributed by atoms with van der Waals surface area (Å²) in [5.41, 5.74) is 0.155. The van der Waals surface area contributed by atoms with Crippen molar-refractivity contribution in [3.05, 3.63) is 35.9 Å². The van der Waals surface area contributed by atoms with E-state index in [0.717, 1.165) is 11.9 Å². The van der Waals surface area contributed by atoms with Crippen LogP contribution in [0.5, 0.6) is 0 Å². The topological polar surface area (TPSA) is 146 Å². The second-order valence-electron chi connectivity index (χ2n) is 5.48. The average Bonchev–Trinajstić information content (AvgIpc) is 2.69. The van der Waals surface area contributed by atoms with Crippen LogP contribution in [0.2, 0.25) is 0 Å². The maximum Gasteiger partial charge on any atom is 0.341 e. The van der Waals surface area contributed by atoms with Crippen LogP contribution in [-0.2, 0) is 23.9 Å². The molecule has 0 unspecified atom stereocenters. The molecule has 0 spiro atoms. The number of carbonyl (C=O) groups is 4. The van der Waals surface area contributed by atoms with Crippen molar-refractivity contribution in [2.24, 2.45) is 5.16 Å². The number of carbonyl (C=O) groups excluding carboxylic acids is 3. The SMILES string of the molecule is O=C(O)COC(=O)CSN1C(=O)[C@@H](NC(=O)C(=NO)c2ccccc2)[C@H]1CBr. The molecule has 2 amide bonds. The van der Waals surface area contributed by atoms with Crippen LogP contribution in [0.15, 0.2) is 35.5 Å². The summed E-state index contributed by atoms with van der Waals surface area (Å²) in [6.45, 7) is -0.753. The number of hydrogen-bond donors (Lipinski definition) is 3. The fraction of sp³-hybridized carbons (Fsp3) is 0.312. The van der Waals surface area contributed by atoms with Crippen molar-refractivity contribution in [3.63, 3.8) is 0 Å². The van der Waals surface area contributed by atoms with Crippen LogP contribution < -0.4 is 5.32 Å². The van der Waals surface area contributed by atoms with Gasteiger partial charge in [-0.05, 0) is 11.9 Å². The third-order valence-electron chi connectivity index (χ3n) is 3.65. The van der Waals surface area contributed by atoms with E-state index in [9.17, 15) is 19.2 Å². The van der Waals surface area contributed by atoms with E-state index in [1.165, 1.54) is 4.31 Å². The molecule has 1 heterocycles. The maximum absolute atomic E-state index is 12.4. The number of aliphatic carboxylic acids is 1. The van der Waals surface area contributed by atoms with Crippen molar-refractivity contribution in [1.29, 1.82) is 0 Å². The Morgan fingerprint density at radius 1 is 1.29 bits per heavy atom. The standard InChI is InChI=1S/C16H16BrN3O7S/c17-6-10-14(16(25)20(10)28-8-12(23)27-7-11(21)22)18-15(24)13(19-26)9-4-2-1-3-5-9/h1-5,10,14,26H,6-8H2,(H,18,24)(H,21,22)/t10-,14+/m1/s1. The molecule has 3 N–H and O–H groups in total. The zero-order valence-electron chi connectivity index (χ0n) is 14.3. The van der Waals surface area contributed by atoms with Crippen LogP contribution in [0.1, 0.15) is 5.56 Å². The molecule has 0 aliphatic carbocycles. The Kier molecular flexibility index (Phi) is 7.81. The number of nitrogens with one attached hydrogen (secondary N) is 1. The molecule has 1 saturated heterocycles. The molecule has 1 aromatic carbocycles. The number of benzene rings is 1. The predicted octanol–water partition coefficient (Wildman–Crippen LogP) is 0.231. The van der Waals surface area contributed by atoms with E-state index in [4.69, 9.17) is 10.3 Å². The molecule has 1 aliphatic heterocycles. The Hall–Kier alpha value is -2.60. The quantitative estimate of drug-likeness (QED) is 0.0878. The molecule has 12 heteroatoms. The maximum atomic E-state index is 12.4. The van der Waals surface area contributed by atoms with E-state index < -0.39 is 42.4 Å². The molecule has 10 nitrogen and oxygen atoms in total. The molecule has 2 rings (SSSR count).